The molecule has 2 N–H and O–H groups in total. The van der Waals surface area contributed by atoms with Gasteiger partial charge in [0.15, 0.2) is 0 Å². The highest BCUT2D eigenvalue weighted by atomic mass is 16.5. The molecule has 0 spiro atoms. The second-order valence-corrected chi connectivity index (χ2v) is 3.51. The van der Waals surface area contributed by atoms with E-state index in [1.165, 1.54) is 0 Å². The summed E-state index contributed by atoms with van der Waals surface area (Å²) in [6.45, 7) is 2.00. The van der Waals surface area contributed by atoms with Crippen LogP contribution in [0.2, 0.25) is 0 Å². The third kappa shape index (κ3) is 1.95. The number of ether oxygens (including phenoxy) is 1. The first kappa shape index (κ1) is 10.4. The van der Waals surface area contributed by atoms with Crippen LogP contribution in [0.5, 0.6) is 5.88 Å². The molecule has 0 aliphatic heterocycles. The van der Waals surface area contributed by atoms with Crippen molar-refractivity contribution in [3.05, 3.63) is 36.2 Å². The molecule has 0 unspecified atom stereocenters. The summed E-state index contributed by atoms with van der Waals surface area (Å²) in [5, 5.41) is 0. The molecule has 2 heterocycles. The summed E-state index contributed by atoms with van der Waals surface area (Å²) in [4.78, 5) is 8.15. The number of nitrogen functional groups attached to an aromatic ring is 1. The van der Waals surface area contributed by atoms with Crippen LogP contribution in [0, 0.1) is 6.92 Å². The van der Waals surface area contributed by atoms with Crippen LogP contribution in [0.4, 0.5) is 5.82 Å². The van der Waals surface area contributed by atoms with Gasteiger partial charge in [0, 0.05) is 24.0 Å². The average Bonchev–Trinajstić information content (AvgIpc) is 2.29. The number of anilines is 1. The van der Waals surface area contributed by atoms with E-state index in [-0.39, 0.29) is 0 Å². The fourth-order valence-corrected chi connectivity index (χ4v) is 1.57. The lowest BCUT2D eigenvalue weighted by molar-refractivity contribution is 0.398. The van der Waals surface area contributed by atoms with Gasteiger partial charge in [-0.3, -0.25) is 0 Å². The summed E-state index contributed by atoms with van der Waals surface area (Å²) in [7, 11) is 1.60. The van der Waals surface area contributed by atoms with E-state index in [0.717, 1.165) is 16.7 Å². The minimum Gasteiger partial charge on any atom is -0.481 e. The number of methoxy groups -OCH3 is 1. The summed E-state index contributed by atoms with van der Waals surface area (Å²) in [6.07, 6.45) is 3.48. The Hall–Kier alpha value is -2.10. The molecule has 0 bridgehead atoms. The number of aromatic nitrogens is 2. The molecule has 4 nitrogen and oxygen atoms in total. The van der Waals surface area contributed by atoms with Crippen molar-refractivity contribution >= 4 is 5.82 Å². The standard InChI is InChI=1S/C12H13N3O/c1-8-5-11(13)15-7-10(8)9-3-4-14-12(6-9)16-2/h3-7H,1-2H3,(H2,13,15). The maximum atomic E-state index is 5.61. The fourth-order valence-electron chi connectivity index (χ4n) is 1.57. The normalized spacial score (nSPS) is 10.1. The molecule has 2 aromatic heterocycles. The van der Waals surface area contributed by atoms with Crippen molar-refractivity contribution in [2.24, 2.45) is 0 Å². The van der Waals surface area contributed by atoms with Crippen molar-refractivity contribution in [1.29, 1.82) is 0 Å². The van der Waals surface area contributed by atoms with Crippen molar-refractivity contribution < 1.29 is 4.74 Å². The molecule has 0 aliphatic carbocycles. The molecular weight excluding hydrogens is 202 g/mol. The van der Waals surface area contributed by atoms with Crippen LogP contribution < -0.4 is 10.5 Å². The second-order valence-electron chi connectivity index (χ2n) is 3.51. The van der Waals surface area contributed by atoms with E-state index in [4.69, 9.17) is 10.5 Å². The van der Waals surface area contributed by atoms with Crippen LogP contribution in [-0.2, 0) is 0 Å². The van der Waals surface area contributed by atoms with Gasteiger partial charge in [-0.2, -0.15) is 0 Å². The van der Waals surface area contributed by atoms with E-state index >= 15 is 0 Å². The Morgan fingerprint density at radius 3 is 2.75 bits per heavy atom. The molecule has 0 aromatic carbocycles. The van der Waals surface area contributed by atoms with Gasteiger partial charge in [0.1, 0.15) is 5.82 Å². The van der Waals surface area contributed by atoms with E-state index in [1.54, 1.807) is 19.5 Å². The van der Waals surface area contributed by atoms with Gasteiger partial charge in [-0.25, -0.2) is 9.97 Å². The molecular formula is C12H13N3O. The quantitative estimate of drug-likeness (QED) is 0.832. The first-order valence-electron chi connectivity index (χ1n) is 4.93. The van der Waals surface area contributed by atoms with E-state index in [0.29, 0.717) is 11.7 Å². The molecule has 2 rings (SSSR count). The van der Waals surface area contributed by atoms with Gasteiger partial charge >= 0.3 is 0 Å². The van der Waals surface area contributed by atoms with Crippen LogP contribution >= 0.6 is 0 Å². The Kier molecular flexibility index (Phi) is 2.72. The summed E-state index contributed by atoms with van der Waals surface area (Å²) >= 11 is 0. The molecule has 0 saturated carbocycles. The number of pyridine rings is 2. The Morgan fingerprint density at radius 1 is 1.25 bits per heavy atom. The summed E-state index contributed by atoms with van der Waals surface area (Å²) in [6, 6.07) is 5.64. The van der Waals surface area contributed by atoms with Crippen molar-refractivity contribution in [3.8, 4) is 17.0 Å². The van der Waals surface area contributed by atoms with Crippen LogP contribution in [0.15, 0.2) is 30.6 Å². The highest BCUT2D eigenvalue weighted by Gasteiger charge is 2.04. The van der Waals surface area contributed by atoms with Crippen LogP contribution in [-0.4, -0.2) is 17.1 Å². The topological polar surface area (TPSA) is 61.0 Å². The van der Waals surface area contributed by atoms with Crippen molar-refractivity contribution in [2.45, 2.75) is 6.92 Å². The lowest BCUT2D eigenvalue weighted by atomic mass is 10.0. The molecule has 0 atom stereocenters. The van der Waals surface area contributed by atoms with Gasteiger partial charge in [0.05, 0.1) is 7.11 Å². The molecule has 0 radical (unpaired) electrons. The molecule has 0 saturated heterocycles. The number of hydrogen-bond acceptors (Lipinski definition) is 4. The molecule has 0 fully saturated rings. The minimum absolute atomic E-state index is 0.530. The molecule has 0 amide bonds. The highest BCUT2D eigenvalue weighted by Crippen LogP contribution is 2.25. The monoisotopic (exact) mass is 215 g/mol. The van der Waals surface area contributed by atoms with Crippen molar-refractivity contribution in [1.82, 2.24) is 9.97 Å². The Balaban J connectivity index is 2.49. The van der Waals surface area contributed by atoms with Crippen LogP contribution in [0.1, 0.15) is 5.56 Å². The lowest BCUT2D eigenvalue weighted by Crippen LogP contribution is -1.93. The predicted octanol–water partition coefficient (Wildman–Crippen LogP) is 2.04. The van der Waals surface area contributed by atoms with Gasteiger partial charge in [0.25, 0.3) is 0 Å². The number of aryl methyl sites for hydroxylation is 1. The fraction of sp³-hybridized carbons (Fsp3) is 0.167. The van der Waals surface area contributed by atoms with Crippen LogP contribution in [0.25, 0.3) is 11.1 Å². The maximum Gasteiger partial charge on any atom is 0.213 e. The molecule has 0 aliphatic rings. The third-order valence-electron chi connectivity index (χ3n) is 2.39. The van der Waals surface area contributed by atoms with Crippen molar-refractivity contribution in [2.75, 3.05) is 12.8 Å². The molecule has 2 aromatic rings. The summed E-state index contributed by atoms with van der Waals surface area (Å²) in [5.74, 6) is 1.12. The predicted molar refractivity (Wildman–Crippen MR) is 63.2 cm³/mol. The van der Waals surface area contributed by atoms with Crippen molar-refractivity contribution in [3.63, 3.8) is 0 Å². The van der Waals surface area contributed by atoms with E-state index < -0.39 is 0 Å². The van der Waals surface area contributed by atoms with E-state index in [2.05, 4.69) is 9.97 Å². The zero-order valence-corrected chi connectivity index (χ0v) is 9.27. The molecule has 16 heavy (non-hydrogen) atoms. The number of nitrogens with zero attached hydrogens (tertiary/aromatic N) is 2. The third-order valence-corrected chi connectivity index (χ3v) is 2.39. The smallest absolute Gasteiger partial charge is 0.213 e. The number of rotatable bonds is 2. The lowest BCUT2D eigenvalue weighted by Gasteiger charge is -2.07. The van der Waals surface area contributed by atoms with Gasteiger partial charge in [-0.05, 0) is 30.2 Å². The van der Waals surface area contributed by atoms with Gasteiger partial charge in [-0.15, -0.1) is 0 Å². The summed E-state index contributed by atoms with van der Waals surface area (Å²) in [5.41, 5.74) is 8.76. The zero-order valence-electron chi connectivity index (χ0n) is 9.27. The average molecular weight is 215 g/mol. The van der Waals surface area contributed by atoms with Gasteiger partial charge in [-0.1, -0.05) is 0 Å². The Labute approximate surface area is 94.1 Å². The SMILES string of the molecule is COc1cc(-c2cnc(N)cc2C)ccn1. The van der Waals surface area contributed by atoms with Gasteiger partial charge < -0.3 is 10.5 Å². The number of nitrogens with two attached hydrogens (primary N) is 1. The van der Waals surface area contributed by atoms with Crippen LogP contribution in [0.3, 0.4) is 0 Å². The first-order valence-corrected chi connectivity index (χ1v) is 4.93. The first-order chi connectivity index (χ1) is 7.70. The van der Waals surface area contributed by atoms with E-state index in [1.807, 2.05) is 25.1 Å². The minimum atomic E-state index is 0.530. The molecule has 4 heteroatoms. The maximum absolute atomic E-state index is 5.61. The Bertz CT molecular complexity index is 511. The summed E-state index contributed by atoms with van der Waals surface area (Å²) < 4.78 is 5.08. The highest BCUT2D eigenvalue weighted by molar-refractivity contribution is 5.68. The zero-order chi connectivity index (χ0) is 11.5. The Morgan fingerprint density at radius 2 is 2.06 bits per heavy atom. The second kappa shape index (κ2) is 4.18. The van der Waals surface area contributed by atoms with E-state index in [9.17, 15) is 0 Å². The van der Waals surface area contributed by atoms with Gasteiger partial charge in [0.2, 0.25) is 5.88 Å². The number of hydrogen-bond donors (Lipinski definition) is 1. The molecule has 82 valence electrons. The largest absolute Gasteiger partial charge is 0.481 e.